The molecule has 3 N–H and O–H groups in total. The van der Waals surface area contributed by atoms with Gasteiger partial charge < -0.3 is 15.7 Å². The van der Waals surface area contributed by atoms with Crippen LogP contribution in [-0.2, 0) is 11.3 Å². The molecule has 0 saturated carbocycles. The Bertz CT molecular complexity index is 392. The normalized spacial score (nSPS) is 12.2. The summed E-state index contributed by atoms with van der Waals surface area (Å²) in [5.74, 6) is -1.50. The average Bonchev–Trinajstić information content (AvgIpc) is 2.78. The lowest BCUT2D eigenvalue weighted by molar-refractivity contribution is -0.142. The highest BCUT2D eigenvalue weighted by Gasteiger charge is 2.21. The predicted molar refractivity (Wildman–Crippen MR) is 68.3 cm³/mol. The van der Waals surface area contributed by atoms with E-state index in [-0.39, 0.29) is 18.5 Å². The molecule has 0 aliphatic carbocycles. The zero-order valence-corrected chi connectivity index (χ0v) is 11.2. The van der Waals surface area contributed by atoms with Gasteiger partial charge in [0.15, 0.2) is 0 Å². The Kier molecular flexibility index (Phi) is 5.57. The highest BCUT2D eigenvalue weighted by Crippen LogP contribution is 2.09. The quantitative estimate of drug-likeness (QED) is 0.727. The number of nitrogens with zero attached hydrogens (tertiary/aromatic N) is 1. The summed E-state index contributed by atoms with van der Waals surface area (Å²) in [5, 5.41) is 16.8. The Balaban J connectivity index is 2.29. The number of rotatable bonds is 6. The van der Waals surface area contributed by atoms with Crippen LogP contribution < -0.4 is 10.6 Å². The van der Waals surface area contributed by atoms with Gasteiger partial charge in [0.1, 0.15) is 5.01 Å². The van der Waals surface area contributed by atoms with E-state index >= 15 is 0 Å². The minimum absolute atomic E-state index is 0.0261. The third kappa shape index (κ3) is 4.70. The molecule has 7 heteroatoms. The average molecular weight is 271 g/mol. The number of hydrogen-bond donors (Lipinski definition) is 3. The van der Waals surface area contributed by atoms with Gasteiger partial charge in [0, 0.05) is 18.1 Å². The van der Waals surface area contributed by atoms with Crippen molar-refractivity contribution in [3.05, 3.63) is 16.6 Å². The van der Waals surface area contributed by atoms with E-state index in [1.54, 1.807) is 6.20 Å². The molecule has 1 heterocycles. The standard InChI is InChI=1S/C11H17N3O3S/c1-7(2)8(10(15)16)5-13-11(17)14-6-9-12-3-4-18-9/h3-4,7-8H,5-6H2,1-2H3,(H,15,16)(H2,13,14,17). The van der Waals surface area contributed by atoms with E-state index in [4.69, 9.17) is 5.11 Å². The van der Waals surface area contributed by atoms with Crippen molar-refractivity contribution in [1.82, 2.24) is 15.6 Å². The molecular weight excluding hydrogens is 254 g/mol. The maximum Gasteiger partial charge on any atom is 0.315 e. The third-order valence-electron chi connectivity index (χ3n) is 2.49. The van der Waals surface area contributed by atoms with Gasteiger partial charge in [0.05, 0.1) is 12.5 Å². The van der Waals surface area contributed by atoms with Gasteiger partial charge in [-0.1, -0.05) is 13.8 Å². The summed E-state index contributed by atoms with van der Waals surface area (Å²) in [6.45, 7) is 4.10. The van der Waals surface area contributed by atoms with Crippen molar-refractivity contribution in [2.45, 2.75) is 20.4 Å². The van der Waals surface area contributed by atoms with Crippen molar-refractivity contribution < 1.29 is 14.7 Å². The third-order valence-corrected chi connectivity index (χ3v) is 3.27. The smallest absolute Gasteiger partial charge is 0.315 e. The van der Waals surface area contributed by atoms with Crippen molar-refractivity contribution in [2.75, 3.05) is 6.54 Å². The highest BCUT2D eigenvalue weighted by molar-refractivity contribution is 7.09. The van der Waals surface area contributed by atoms with Crippen LogP contribution in [0.4, 0.5) is 4.79 Å². The summed E-state index contributed by atoms with van der Waals surface area (Å²) < 4.78 is 0. The molecule has 18 heavy (non-hydrogen) atoms. The summed E-state index contributed by atoms with van der Waals surface area (Å²) in [7, 11) is 0. The van der Waals surface area contributed by atoms with E-state index in [0.717, 1.165) is 5.01 Å². The minimum atomic E-state index is -0.898. The van der Waals surface area contributed by atoms with Crippen molar-refractivity contribution >= 4 is 23.3 Å². The van der Waals surface area contributed by atoms with Gasteiger partial charge in [0.25, 0.3) is 0 Å². The molecule has 0 aliphatic heterocycles. The van der Waals surface area contributed by atoms with Crippen molar-refractivity contribution in [1.29, 1.82) is 0 Å². The van der Waals surface area contributed by atoms with Crippen molar-refractivity contribution in [2.24, 2.45) is 11.8 Å². The number of carboxylic acid groups (broad SMARTS) is 1. The van der Waals surface area contributed by atoms with Gasteiger partial charge in [-0.05, 0) is 5.92 Å². The number of thiazole rings is 1. The van der Waals surface area contributed by atoms with Crippen LogP contribution in [0.15, 0.2) is 11.6 Å². The van der Waals surface area contributed by atoms with E-state index in [2.05, 4.69) is 15.6 Å². The summed E-state index contributed by atoms with van der Waals surface area (Å²) in [5.41, 5.74) is 0. The first-order valence-electron chi connectivity index (χ1n) is 5.63. The lowest BCUT2D eigenvalue weighted by Crippen LogP contribution is -2.40. The molecule has 0 bridgehead atoms. The fraction of sp³-hybridized carbons (Fsp3) is 0.545. The van der Waals surface area contributed by atoms with Gasteiger partial charge in [-0.3, -0.25) is 4.79 Å². The van der Waals surface area contributed by atoms with Crippen LogP contribution in [0.1, 0.15) is 18.9 Å². The first-order valence-corrected chi connectivity index (χ1v) is 6.51. The zero-order valence-electron chi connectivity index (χ0n) is 10.3. The largest absolute Gasteiger partial charge is 0.481 e. The van der Waals surface area contributed by atoms with Crippen LogP contribution in [-0.4, -0.2) is 28.6 Å². The molecule has 1 atom stereocenters. The summed E-state index contributed by atoms with van der Waals surface area (Å²) in [4.78, 5) is 26.4. The lowest BCUT2D eigenvalue weighted by atomic mass is 9.96. The van der Waals surface area contributed by atoms with E-state index in [1.807, 2.05) is 19.2 Å². The maximum absolute atomic E-state index is 11.4. The number of carbonyl (C=O) groups is 2. The second kappa shape index (κ2) is 6.95. The molecule has 1 rings (SSSR count). The monoisotopic (exact) mass is 271 g/mol. The molecule has 0 spiro atoms. The number of carbonyl (C=O) groups excluding carboxylic acids is 1. The number of aromatic nitrogens is 1. The molecule has 1 aromatic rings. The molecule has 0 aromatic carbocycles. The fourth-order valence-electron chi connectivity index (χ4n) is 1.37. The molecule has 0 saturated heterocycles. The van der Waals surface area contributed by atoms with Crippen LogP contribution in [0.3, 0.4) is 0 Å². The Labute approximate surface area is 109 Å². The summed E-state index contributed by atoms with van der Waals surface area (Å²) >= 11 is 1.45. The molecule has 100 valence electrons. The summed E-state index contributed by atoms with van der Waals surface area (Å²) in [6.07, 6.45) is 1.67. The number of aliphatic carboxylic acids is 1. The molecule has 1 unspecified atom stereocenters. The molecule has 0 fully saturated rings. The molecule has 6 nitrogen and oxygen atoms in total. The van der Waals surface area contributed by atoms with Crippen molar-refractivity contribution in [3.8, 4) is 0 Å². The Morgan fingerprint density at radius 3 is 2.67 bits per heavy atom. The second-order valence-corrected chi connectivity index (χ2v) is 5.16. The van der Waals surface area contributed by atoms with Crippen LogP contribution >= 0.6 is 11.3 Å². The van der Waals surface area contributed by atoms with Gasteiger partial charge in [-0.15, -0.1) is 11.3 Å². The number of nitrogens with one attached hydrogen (secondary N) is 2. The SMILES string of the molecule is CC(C)C(CNC(=O)NCc1nccs1)C(=O)O. The first-order chi connectivity index (χ1) is 8.50. The van der Waals surface area contributed by atoms with Crippen molar-refractivity contribution in [3.63, 3.8) is 0 Å². The number of hydrogen-bond acceptors (Lipinski definition) is 4. The van der Waals surface area contributed by atoms with Gasteiger partial charge >= 0.3 is 12.0 Å². The Hall–Kier alpha value is -1.63. The van der Waals surface area contributed by atoms with E-state index in [0.29, 0.717) is 6.54 Å². The fourth-order valence-corrected chi connectivity index (χ4v) is 1.93. The Morgan fingerprint density at radius 1 is 1.44 bits per heavy atom. The lowest BCUT2D eigenvalue weighted by Gasteiger charge is -2.16. The van der Waals surface area contributed by atoms with Crippen LogP contribution in [0.2, 0.25) is 0 Å². The van der Waals surface area contributed by atoms with Crippen LogP contribution in [0.25, 0.3) is 0 Å². The van der Waals surface area contributed by atoms with Gasteiger partial charge in [-0.25, -0.2) is 9.78 Å². The Morgan fingerprint density at radius 2 is 2.17 bits per heavy atom. The predicted octanol–water partition coefficient (Wildman–Crippen LogP) is 1.30. The summed E-state index contributed by atoms with van der Waals surface area (Å²) in [6, 6.07) is -0.378. The zero-order chi connectivity index (χ0) is 13.5. The highest BCUT2D eigenvalue weighted by atomic mass is 32.1. The first kappa shape index (κ1) is 14.4. The minimum Gasteiger partial charge on any atom is -0.481 e. The maximum atomic E-state index is 11.4. The number of amides is 2. The molecule has 2 amide bonds. The number of urea groups is 1. The topological polar surface area (TPSA) is 91.3 Å². The van der Waals surface area contributed by atoms with Gasteiger partial charge in [0.2, 0.25) is 0 Å². The van der Waals surface area contributed by atoms with E-state index in [1.165, 1.54) is 11.3 Å². The van der Waals surface area contributed by atoms with Crippen LogP contribution in [0, 0.1) is 11.8 Å². The van der Waals surface area contributed by atoms with E-state index in [9.17, 15) is 9.59 Å². The second-order valence-electron chi connectivity index (χ2n) is 4.18. The van der Waals surface area contributed by atoms with Crippen LogP contribution in [0.5, 0.6) is 0 Å². The molecule has 0 radical (unpaired) electrons. The molecule has 1 aromatic heterocycles. The van der Waals surface area contributed by atoms with E-state index < -0.39 is 11.9 Å². The molecular formula is C11H17N3O3S. The number of carboxylic acids is 1. The van der Waals surface area contributed by atoms with Gasteiger partial charge in [-0.2, -0.15) is 0 Å². The molecule has 0 aliphatic rings.